The first-order chi connectivity index (χ1) is 10.9. The smallest absolute Gasteiger partial charge is 0.356 e. The summed E-state index contributed by atoms with van der Waals surface area (Å²) in [5, 5.41) is 6.06. The number of hydrogen-bond acceptors (Lipinski definition) is 6. The van der Waals surface area contributed by atoms with Gasteiger partial charge >= 0.3 is 5.97 Å². The highest BCUT2D eigenvalue weighted by Crippen LogP contribution is 2.28. The van der Waals surface area contributed by atoms with Crippen molar-refractivity contribution in [2.45, 2.75) is 24.1 Å². The fraction of sp³-hybridized carbons (Fsp3) is 0.429. The highest BCUT2D eigenvalue weighted by atomic mass is 32.2. The van der Waals surface area contributed by atoms with Crippen LogP contribution in [0.25, 0.3) is 0 Å². The minimum atomic E-state index is -3.54. The van der Waals surface area contributed by atoms with E-state index >= 15 is 0 Å². The molecular weight excluding hydrogens is 338 g/mol. The molecule has 0 bridgehead atoms. The normalized spacial score (nSPS) is 15.4. The summed E-state index contributed by atoms with van der Waals surface area (Å²) >= 11 is 1.19. The van der Waals surface area contributed by atoms with Gasteiger partial charge in [0.2, 0.25) is 0 Å². The average Bonchev–Trinajstić information content (AvgIpc) is 3.13. The Hall–Kier alpha value is -1.71. The van der Waals surface area contributed by atoms with Crippen molar-refractivity contribution in [2.75, 3.05) is 13.2 Å². The lowest BCUT2D eigenvalue weighted by Gasteiger charge is -2.25. The molecule has 0 saturated heterocycles. The van der Waals surface area contributed by atoms with Crippen LogP contribution in [-0.4, -0.2) is 41.6 Å². The molecule has 9 heteroatoms. The molecule has 1 aliphatic rings. The van der Waals surface area contributed by atoms with Gasteiger partial charge in [0.15, 0.2) is 5.69 Å². The predicted octanol–water partition coefficient (Wildman–Crippen LogP) is 1.41. The largest absolute Gasteiger partial charge is 0.461 e. The molecule has 3 rings (SSSR count). The van der Waals surface area contributed by atoms with Gasteiger partial charge in [-0.3, -0.25) is 4.68 Å². The Kier molecular flexibility index (Phi) is 4.26. The van der Waals surface area contributed by atoms with E-state index < -0.39 is 16.0 Å². The van der Waals surface area contributed by atoms with Gasteiger partial charge in [0.25, 0.3) is 10.0 Å². The number of aryl methyl sites for hydroxylation is 1. The standard InChI is InChI=1S/C14H17N3O4S2/c1-3-21-14(18)13-10-9-17(7-6-11(10)15-16(13)2)23(19,20)12-5-4-8-22-12/h4-5,8H,3,6-7,9H2,1-2H3. The van der Waals surface area contributed by atoms with Crippen LogP contribution in [-0.2, 0) is 34.8 Å². The molecule has 0 N–H and O–H groups in total. The first-order valence-electron chi connectivity index (χ1n) is 7.20. The Labute approximate surface area is 138 Å². The van der Waals surface area contributed by atoms with Crippen molar-refractivity contribution in [3.8, 4) is 0 Å². The number of rotatable bonds is 4. The van der Waals surface area contributed by atoms with Gasteiger partial charge in [0.1, 0.15) is 4.21 Å². The number of thiophene rings is 1. The van der Waals surface area contributed by atoms with Gasteiger partial charge in [-0.2, -0.15) is 9.40 Å². The van der Waals surface area contributed by atoms with Crippen LogP contribution < -0.4 is 0 Å². The molecule has 23 heavy (non-hydrogen) atoms. The summed E-state index contributed by atoms with van der Waals surface area (Å²) in [6, 6.07) is 3.30. The van der Waals surface area contributed by atoms with Crippen LogP contribution >= 0.6 is 11.3 Å². The van der Waals surface area contributed by atoms with Crippen LogP contribution in [0.4, 0.5) is 0 Å². The summed E-state index contributed by atoms with van der Waals surface area (Å²) in [4.78, 5) is 12.1. The van der Waals surface area contributed by atoms with E-state index in [1.54, 1.807) is 31.5 Å². The molecular formula is C14H17N3O4S2. The Morgan fingerprint density at radius 3 is 2.91 bits per heavy atom. The second kappa shape index (κ2) is 6.06. The lowest BCUT2D eigenvalue weighted by molar-refractivity contribution is 0.0511. The van der Waals surface area contributed by atoms with Crippen LogP contribution in [0.5, 0.6) is 0 Å². The van der Waals surface area contributed by atoms with Crippen molar-refractivity contribution < 1.29 is 17.9 Å². The highest BCUT2D eigenvalue weighted by molar-refractivity contribution is 7.91. The van der Waals surface area contributed by atoms with E-state index in [2.05, 4.69) is 5.10 Å². The number of nitrogens with zero attached hydrogens (tertiary/aromatic N) is 3. The maximum Gasteiger partial charge on any atom is 0.356 e. The van der Waals surface area contributed by atoms with Gasteiger partial charge in [0, 0.05) is 32.1 Å². The molecule has 1 aliphatic heterocycles. The van der Waals surface area contributed by atoms with Gasteiger partial charge in [-0.25, -0.2) is 13.2 Å². The fourth-order valence-electron chi connectivity index (χ4n) is 2.67. The number of fused-ring (bicyclic) bond motifs is 1. The molecule has 0 aliphatic carbocycles. The maximum atomic E-state index is 12.7. The summed E-state index contributed by atoms with van der Waals surface area (Å²) < 4.78 is 33.6. The predicted molar refractivity (Wildman–Crippen MR) is 84.8 cm³/mol. The summed E-state index contributed by atoms with van der Waals surface area (Å²) in [5.74, 6) is -0.473. The fourth-order valence-corrected chi connectivity index (χ4v) is 5.23. The Morgan fingerprint density at radius 2 is 2.26 bits per heavy atom. The van der Waals surface area contributed by atoms with E-state index in [0.717, 1.165) is 5.69 Å². The molecule has 3 heterocycles. The third kappa shape index (κ3) is 2.79. The Bertz CT molecular complexity index is 825. The van der Waals surface area contributed by atoms with Crippen molar-refractivity contribution in [2.24, 2.45) is 7.05 Å². The first-order valence-corrected chi connectivity index (χ1v) is 9.52. The van der Waals surface area contributed by atoms with Crippen molar-refractivity contribution in [1.82, 2.24) is 14.1 Å². The van der Waals surface area contributed by atoms with Crippen LogP contribution in [0, 0.1) is 0 Å². The number of hydrogen-bond donors (Lipinski definition) is 0. The minimum Gasteiger partial charge on any atom is -0.461 e. The van der Waals surface area contributed by atoms with E-state index in [-0.39, 0.29) is 13.2 Å². The molecule has 0 fully saturated rings. The van der Waals surface area contributed by atoms with Crippen LogP contribution in [0.3, 0.4) is 0 Å². The van der Waals surface area contributed by atoms with Gasteiger partial charge in [0.05, 0.1) is 12.3 Å². The number of sulfonamides is 1. The monoisotopic (exact) mass is 355 g/mol. The zero-order chi connectivity index (χ0) is 16.6. The van der Waals surface area contributed by atoms with Crippen molar-refractivity contribution in [3.05, 3.63) is 34.5 Å². The SMILES string of the molecule is CCOC(=O)c1c2c(nn1C)CCN(S(=O)(=O)c1cccs1)C2. The van der Waals surface area contributed by atoms with Crippen molar-refractivity contribution in [1.29, 1.82) is 0 Å². The highest BCUT2D eigenvalue weighted by Gasteiger charge is 2.34. The summed E-state index contributed by atoms with van der Waals surface area (Å²) in [6.45, 7) is 2.48. The van der Waals surface area contributed by atoms with Gasteiger partial charge in [-0.05, 0) is 18.4 Å². The molecule has 0 radical (unpaired) electrons. The van der Waals surface area contributed by atoms with E-state index in [9.17, 15) is 13.2 Å². The van der Waals surface area contributed by atoms with Gasteiger partial charge in [-0.15, -0.1) is 11.3 Å². The van der Waals surface area contributed by atoms with Crippen LogP contribution in [0.1, 0.15) is 28.7 Å². The van der Waals surface area contributed by atoms with Crippen molar-refractivity contribution >= 4 is 27.3 Å². The van der Waals surface area contributed by atoms with Crippen LogP contribution in [0.2, 0.25) is 0 Å². The number of carbonyl (C=O) groups excluding carboxylic acids is 1. The Morgan fingerprint density at radius 1 is 1.48 bits per heavy atom. The van der Waals surface area contributed by atoms with E-state index in [0.29, 0.717) is 28.4 Å². The third-order valence-electron chi connectivity index (χ3n) is 3.72. The number of aromatic nitrogens is 2. The summed E-state index contributed by atoms with van der Waals surface area (Å²) in [6.07, 6.45) is 0.479. The molecule has 0 spiro atoms. The zero-order valence-corrected chi connectivity index (χ0v) is 14.5. The second-order valence-corrected chi connectivity index (χ2v) is 8.25. The maximum absolute atomic E-state index is 12.7. The molecule has 0 saturated carbocycles. The average molecular weight is 355 g/mol. The lowest BCUT2D eigenvalue weighted by Crippen LogP contribution is -2.36. The molecule has 0 amide bonds. The quantitative estimate of drug-likeness (QED) is 0.775. The summed E-state index contributed by atoms with van der Waals surface area (Å²) in [5.41, 5.74) is 1.72. The molecule has 0 atom stereocenters. The first kappa shape index (κ1) is 16.2. The Balaban J connectivity index is 1.96. The van der Waals surface area contributed by atoms with E-state index in [4.69, 9.17) is 4.74 Å². The van der Waals surface area contributed by atoms with Crippen molar-refractivity contribution in [3.63, 3.8) is 0 Å². The number of carbonyl (C=O) groups is 1. The number of ether oxygens (including phenoxy) is 1. The van der Waals surface area contributed by atoms with E-state index in [1.807, 2.05) is 0 Å². The molecule has 2 aromatic heterocycles. The molecule has 2 aromatic rings. The second-order valence-electron chi connectivity index (χ2n) is 5.14. The lowest BCUT2D eigenvalue weighted by atomic mass is 10.1. The molecule has 0 aromatic carbocycles. The van der Waals surface area contributed by atoms with Gasteiger partial charge < -0.3 is 4.74 Å². The minimum absolute atomic E-state index is 0.136. The molecule has 0 unspecified atom stereocenters. The molecule has 7 nitrogen and oxygen atoms in total. The number of esters is 1. The topological polar surface area (TPSA) is 81.5 Å². The van der Waals surface area contributed by atoms with E-state index in [1.165, 1.54) is 20.3 Å². The zero-order valence-electron chi connectivity index (χ0n) is 12.9. The third-order valence-corrected chi connectivity index (χ3v) is 6.94. The summed E-state index contributed by atoms with van der Waals surface area (Å²) in [7, 11) is -1.87. The molecule has 124 valence electrons. The van der Waals surface area contributed by atoms with Gasteiger partial charge in [-0.1, -0.05) is 6.07 Å². The van der Waals surface area contributed by atoms with Crippen LogP contribution in [0.15, 0.2) is 21.7 Å².